The van der Waals surface area contributed by atoms with E-state index in [2.05, 4.69) is 4.98 Å². The molecule has 0 spiro atoms. The summed E-state index contributed by atoms with van der Waals surface area (Å²) in [7, 11) is 0. The number of aromatic nitrogens is 1. The van der Waals surface area contributed by atoms with E-state index in [4.69, 9.17) is 4.74 Å². The third-order valence-corrected chi connectivity index (χ3v) is 3.17. The van der Waals surface area contributed by atoms with Crippen LogP contribution in [0.1, 0.15) is 29.6 Å². The fourth-order valence-corrected chi connectivity index (χ4v) is 2.04. The van der Waals surface area contributed by atoms with Crippen LogP contribution in [0.5, 0.6) is 5.75 Å². The standard InChI is InChI=1S/C13H13NO2/c15-8-9-7-14-11-5-2-6-12(13(9)11)16-10-3-1-4-10/h2,5-8,10,14H,1,3-4H2. The lowest BCUT2D eigenvalue weighted by Crippen LogP contribution is -2.24. The number of aldehydes is 1. The van der Waals surface area contributed by atoms with Gasteiger partial charge in [0, 0.05) is 17.3 Å². The molecule has 1 saturated carbocycles. The summed E-state index contributed by atoms with van der Waals surface area (Å²) in [5, 5.41) is 0.907. The Hall–Kier alpha value is -1.77. The van der Waals surface area contributed by atoms with E-state index in [0.29, 0.717) is 11.7 Å². The second-order valence-electron chi connectivity index (χ2n) is 4.21. The number of hydrogen-bond acceptors (Lipinski definition) is 2. The van der Waals surface area contributed by atoms with E-state index >= 15 is 0 Å². The van der Waals surface area contributed by atoms with E-state index in [1.165, 1.54) is 6.42 Å². The number of H-pyrrole nitrogens is 1. The fraction of sp³-hybridized carbons (Fsp3) is 0.308. The van der Waals surface area contributed by atoms with Gasteiger partial charge >= 0.3 is 0 Å². The molecule has 1 heterocycles. The molecule has 1 aliphatic rings. The van der Waals surface area contributed by atoms with Gasteiger partial charge in [0.15, 0.2) is 6.29 Å². The minimum Gasteiger partial charge on any atom is -0.490 e. The molecule has 1 fully saturated rings. The average molecular weight is 215 g/mol. The van der Waals surface area contributed by atoms with E-state index in [1.54, 1.807) is 6.20 Å². The summed E-state index contributed by atoms with van der Waals surface area (Å²) in [4.78, 5) is 14.0. The van der Waals surface area contributed by atoms with E-state index in [1.807, 2.05) is 18.2 Å². The summed E-state index contributed by atoms with van der Waals surface area (Å²) in [6, 6.07) is 5.83. The van der Waals surface area contributed by atoms with Gasteiger partial charge in [0.2, 0.25) is 0 Å². The molecule has 0 bridgehead atoms. The van der Waals surface area contributed by atoms with Crippen molar-refractivity contribution in [3.63, 3.8) is 0 Å². The first-order valence-corrected chi connectivity index (χ1v) is 5.60. The van der Waals surface area contributed by atoms with E-state index in [9.17, 15) is 4.79 Å². The molecule has 1 N–H and O–H groups in total. The Kier molecular flexibility index (Phi) is 2.17. The molecule has 16 heavy (non-hydrogen) atoms. The van der Waals surface area contributed by atoms with Gasteiger partial charge in [0.25, 0.3) is 0 Å². The topological polar surface area (TPSA) is 42.1 Å². The van der Waals surface area contributed by atoms with Crippen molar-refractivity contribution in [1.29, 1.82) is 0 Å². The molecule has 3 heteroatoms. The zero-order chi connectivity index (χ0) is 11.0. The highest BCUT2D eigenvalue weighted by molar-refractivity contribution is 6.00. The zero-order valence-electron chi connectivity index (χ0n) is 8.90. The fourth-order valence-electron chi connectivity index (χ4n) is 2.04. The van der Waals surface area contributed by atoms with Crippen molar-refractivity contribution in [2.24, 2.45) is 0 Å². The minimum atomic E-state index is 0.333. The number of carbonyl (C=O) groups is 1. The summed E-state index contributed by atoms with van der Waals surface area (Å²) in [6.45, 7) is 0. The van der Waals surface area contributed by atoms with Gasteiger partial charge < -0.3 is 9.72 Å². The lowest BCUT2D eigenvalue weighted by Gasteiger charge is -2.26. The lowest BCUT2D eigenvalue weighted by molar-refractivity contribution is 0.112. The number of benzene rings is 1. The lowest BCUT2D eigenvalue weighted by atomic mass is 9.96. The second kappa shape index (κ2) is 3.67. The molecule has 3 nitrogen and oxygen atoms in total. The molecular formula is C13H13NO2. The Morgan fingerprint density at radius 1 is 1.38 bits per heavy atom. The van der Waals surface area contributed by atoms with Crippen LogP contribution in [-0.4, -0.2) is 17.4 Å². The largest absolute Gasteiger partial charge is 0.490 e. The summed E-state index contributed by atoms with van der Waals surface area (Å²) >= 11 is 0. The van der Waals surface area contributed by atoms with Gasteiger partial charge in [0.1, 0.15) is 5.75 Å². The molecule has 1 aromatic carbocycles. The predicted octanol–water partition coefficient (Wildman–Crippen LogP) is 2.91. The maximum atomic E-state index is 10.9. The SMILES string of the molecule is O=Cc1c[nH]c2cccc(OC3CCC3)c12. The van der Waals surface area contributed by atoms with Crippen molar-refractivity contribution in [2.45, 2.75) is 25.4 Å². The van der Waals surface area contributed by atoms with Crippen LogP contribution >= 0.6 is 0 Å². The van der Waals surface area contributed by atoms with Crippen LogP contribution in [0, 0.1) is 0 Å². The Morgan fingerprint density at radius 3 is 2.94 bits per heavy atom. The highest BCUT2D eigenvalue weighted by Gasteiger charge is 2.20. The van der Waals surface area contributed by atoms with Crippen LogP contribution in [0.3, 0.4) is 0 Å². The van der Waals surface area contributed by atoms with Crippen LogP contribution in [0.2, 0.25) is 0 Å². The highest BCUT2D eigenvalue weighted by atomic mass is 16.5. The summed E-state index contributed by atoms with van der Waals surface area (Å²) in [6.07, 6.45) is 6.42. The van der Waals surface area contributed by atoms with Gasteiger partial charge in [-0.15, -0.1) is 0 Å². The van der Waals surface area contributed by atoms with Crippen LogP contribution in [0.15, 0.2) is 24.4 Å². The summed E-state index contributed by atoms with van der Waals surface area (Å²) < 4.78 is 5.89. The van der Waals surface area contributed by atoms with Crippen LogP contribution in [0.25, 0.3) is 10.9 Å². The molecule has 0 radical (unpaired) electrons. The van der Waals surface area contributed by atoms with Gasteiger partial charge in [0.05, 0.1) is 11.5 Å². The Balaban J connectivity index is 2.06. The highest BCUT2D eigenvalue weighted by Crippen LogP contribution is 2.32. The van der Waals surface area contributed by atoms with Crippen molar-refractivity contribution in [3.05, 3.63) is 30.0 Å². The molecule has 0 unspecified atom stereocenters. The zero-order valence-corrected chi connectivity index (χ0v) is 8.90. The number of aromatic amines is 1. The maximum absolute atomic E-state index is 10.9. The first-order valence-electron chi connectivity index (χ1n) is 5.60. The van der Waals surface area contributed by atoms with Crippen molar-refractivity contribution < 1.29 is 9.53 Å². The van der Waals surface area contributed by atoms with Crippen molar-refractivity contribution >= 4 is 17.2 Å². The van der Waals surface area contributed by atoms with Gasteiger partial charge in [-0.05, 0) is 31.4 Å². The van der Waals surface area contributed by atoms with Gasteiger partial charge in [-0.3, -0.25) is 4.79 Å². The van der Waals surface area contributed by atoms with Gasteiger partial charge in [-0.1, -0.05) is 6.07 Å². The van der Waals surface area contributed by atoms with E-state index in [0.717, 1.165) is 35.8 Å². The van der Waals surface area contributed by atoms with Crippen LogP contribution in [-0.2, 0) is 0 Å². The van der Waals surface area contributed by atoms with Gasteiger partial charge in [-0.25, -0.2) is 0 Å². The normalized spacial score (nSPS) is 16.0. The third-order valence-electron chi connectivity index (χ3n) is 3.17. The number of nitrogens with one attached hydrogen (secondary N) is 1. The molecule has 0 saturated heterocycles. The summed E-state index contributed by atoms with van der Waals surface area (Å²) in [5.41, 5.74) is 1.63. The molecule has 2 aromatic rings. The molecule has 0 aliphatic heterocycles. The van der Waals surface area contributed by atoms with Crippen LogP contribution in [0.4, 0.5) is 0 Å². The van der Waals surface area contributed by atoms with Crippen molar-refractivity contribution in [1.82, 2.24) is 4.98 Å². The third kappa shape index (κ3) is 1.40. The number of hydrogen-bond donors (Lipinski definition) is 1. The monoisotopic (exact) mass is 215 g/mol. The van der Waals surface area contributed by atoms with Gasteiger partial charge in [-0.2, -0.15) is 0 Å². The first kappa shape index (κ1) is 9.46. The number of rotatable bonds is 3. The minimum absolute atomic E-state index is 0.333. The maximum Gasteiger partial charge on any atom is 0.152 e. The molecule has 82 valence electrons. The number of carbonyl (C=O) groups excluding carboxylic acids is 1. The molecule has 1 aliphatic carbocycles. The van der Waals surface area contributed by atoms with E-state index in [-0.39, 0.29) is 0 Å². The summed E-state index contributed by atoms with van der Waals surface area (Å²) in [5.74, 6) is 0.825. The Morgan fingerprint density at radius 2 is 2.25 bits per heavy atom. The first-order chi connectivity index (χ1) is 7.88. The number of fused-ring (bicyclic) bond motifs is 1. The second-order valence-corrected chi connectivity index (χ2v) is 4.21. The number of ether oxygens (including phenoxy) is 1. The molecule has 0 amide bonds. The average Bonchev–Trinajstić information content (AvgIpc) is 2.67. The Labute approximate surface area is 93.4 Å². The molecular weight excluding hydrogens is 202 g/mol. The van der Waals surface area contributed by atoms with E-state index < -0.39 is 0 Å². The Bertz CT molecular complexity index is 526. The van der Waals surface area contributed by atoms with Crippen LogP contribution < -0.4 is 4.74 Å². The molecule has 0 atom stereocenters. The van der Waals surface area contributed by atoms with Crippen molar-refractivity contribution in [3.8, 4) is 5.75 Å². The quantitative estimate of drug-likeness (QED) is 0.800. The molecule has 3 rings (SSSR count). The molecule has 1 aromatic heterocycles. The van der Waals surface area contributed by atoms with Crippen molar-refractivity contribution in [2.75, 3.05) is 0 Å². The smallest absolute Gasteiger partial charge is 0.152 e. The predicted molar refractivity (Wildman–Crippen MR) is 62.0 cm³/mol.